The lowest BCUT2D eigenvalue weighted by Crippen LogP contribution is -2.23. The van der Waals surface area contributed by atoms with Gasteiger partial charge in [-0.05, 0) is 30.3 Å². The van der Waals surface area contributed by atoms with Gasteiger partial charge in [-0.25, -0.2) is 14.0 Å². The zero-order valence-corrected chi connectivity index (χ0v) is 13.5. The quantitative estimate of drug-likeness (QED) is 0.678. The molecule has 0 saturated heterocycles. The van der Waals surface area contributed by atoms with Crippen LogP contribution in [0.2, 0.25) is 10.0 Å². The molecule has 116 valence electrons. The Morgan fingerprint density at radius 1 is 1.17 bits per heavy atom. The van der Waals surface area contributed by atoms with Crippen LogP contribution in [0.5, 0.6) is 0 Å². The Bertz CT molecular complexity index is 913. The standard InChI is InChI=1S/C16H12Cl2N4O/c1-2-9-21-16(23)22(12-5-3-11(17)4-6-12)15(20-21)13-7-8-19-10-14(13)18/h2-8,10H,1,9H2. The molecular formula is C16H12Cl2N4O. The van der Waals surface area contributed by atoms with Crippen molar-refractivity contribution >= 4 is 23.2 Å². The van der Waals surface area contributed by atoms with Crippen molar-refractivity contribution in [2.45, 2.75) is 6.54 Å². The summed E-state index contributed by atoms with van der Waals surface area (Å²) in [4.78, 5) is 16.6. The molecule has 0 amide bonds. The fraction of sp³-hybridized carbons (Fsp3) is 0.0625. The minimum absolute atomic E-state index is 0.282. The van der Waals surface area contributed by atoms with E-state index in [1.54, 1.807) is 42.6 Å². The number of pyridine rings is 1. The van der Waals surface area contributed by atoms with Crippen LogP contribution in [0, 0.1) is 0 Å². The molecule has 3 rings (SSSR count). The normalized spacial score (nSPS) is 10.7. The molecule has 0 unspecified atom stereocenters. The summed E-state index contributed by atoms with van der Waals surface area (Å²) < 4.78 is 2.81. The summed E-state index contributed by atoms with van der Waals surface area (Å²) in [7, 11) is 0. The topological polar surface area (TPSA) is 52.7 Å². The Kier molecular flexibility index (Phi) is 4.32. The highest BCUT2D eigenvalue weighted by atomic mass is 35.5. The molecule has 2 heterocycles. The zero-order valence-electron chi connectivity index (χ0n) is 12.0. The highest BCUT2D eigenvalue weighted by Gasteiger charge is 2.18. The number of hydrogen-bond acceptors (Lipinski definition) is 3. The third-order valence-corrected chi connectivity index (χ3v) is 3.79. The van der Waals surface area contributed by atoms with Gasteiger partial charge in [0.25, 0.3) is 0 Å². The fourth-order valence-electron chi connectivity index (χ4n) is 2.20. The Hall–Kier alpha value is -2.37. The van der Waals surface area contributed by atoms with E-state index in [2.05, 4.69) is 16.7 Å². The van der Waals surface area contributed by atoms with E-state index >= 15 is 0 Å². The average Bonchev–Trinajstić information content (AvgIpc) is 2.86. The van der Waals surface area contributed by atoms with E-state index < -0.39 is 0 Å². The molecule has 2 aromatic heterocycles. The molecule has 0 spiro atoms. The van der Waals surface area contributed by atoms with Crippen molar-refractivity contribution in [1.29, 1.82) is 0 Å². The third kappa shape index (κ3) is 2.93. The summed E-state index contributed by atoms with van der Waals surface area (Å²) in [6, 6.07) is 8.65. The second-order valence-corrected chi connectivity index (χ2v) is 5.59. The predicted molar refractivity (Wildman–Crippen MR) is 91.3 cm³/mol. The van der Waals surface area contributed by atoms with Gasteiger partial charge in [-0.15, -0.1) is 11.7 Å². The van der Waals surface area contributed by atoms with Crippen molar-refractivity contribution in [3.63, 3.8) is 0 Å². The molecule has 0 N–H and O–H groups in total. The maximum atomic E-state index is 12.7. The molecule has 0 bridgehead atoms. The summed E-state index contributed by atoms with van der Waals surface area (Å²) in [5.41, 5.74) is 0.990. The molecule has 0 aliphatic rings. The molecule has 1 aromatic carbocycles. The average molecular weight is 347 g/mol. The summed E-state index contributed by atoms with van der Waals surface area (Å²) in [6.07, 6.45) is 4.73. The van der Waals surface area contributed by atoms with Gasteiger partial charge in [-0.2, -0.15) is 0 Å². The lowest BCUT2D eigenvalue weighted by molar-refractivity contribution is 0.668. The molecule has 5 nitrogen and oxygen atoms in total. The van der Waals surface area contributed by atoms with Gasteiger partial charge in [0.15, 0.2) is 5.82 Å². The minimum Gasteiger partial charge on any atom is -0.263 e. The van der Waals surface area contributed by atoms with Gasteiger partial charge in [-0.1, -0.05) is 29.3 Å². The molecule has 0 saturated carbocycles. The molecular weight excluding hydrogens is 335 g/mol. The van der Waals surface area contributed by atoms with E-state index in [9.17, 15) is 4.79 Å². The summed E-state index contributed by atoms with van der Waals surface area (Å²) in [5, 5.41) is 5.38. The molecule has 23 heavy (non-hydrogen) atoms. The number of aromatic nitrogens is 4. The molecule has 3 aromatic rings. The van der Waals surface area contributed by atoms with Crippen LogP contribution in [0.25, 0.3) is 17.1 Å². The number of benzene rings is 1. The number of hydrogen-bond donors (Lipinski definition) is 0. The molecule has 7 heteroatoms. The van der Waals surface area contributed by atoms with Crippen molar-refractivity contribution in [2.75, 3.05) is 0 Å². The fourth-order valence-corrected chi connectivity index (χ4v) is 2.53. The molecule has 0 fully saturated rings. The monoisotopic (exact) mass is 346 g/mol. The summed E-state index contributed by atoms with van der Waals surface area (Å²) in [6.45, 7) is 3.95. The van der Waals surface area contributed by atoms with Crippen molar-refractivity contribution < 1.29 is 0 Å². The van der Waals surface area contributed by atoms with Crippen LogP contribution in [0.4, 0.5) is 0 Å². The van der Waals surface area contributed by atoms with Crippen LogP contribution in [0.3, 0.4) is 0 Å². The Morgan fingerprint density at radius 2 is 1.91 bits per heavy atom. The van der Waals surface area contributed by atoms with Gasteiger partial charge in [0, 0.05) is 23.0 Å². The predicted octanol–water partition coefficient (Wildman–Crippen LogP) is 3.59. The first-order valence-corrected chi connectivity index (χ1v) is 7.54. The molecule has 0 atom stereocenters. The van der Waals surface area contributed by atoms with E-state index in [0.29, 0.717) is 33.7 Å². The van der Waals surface area contributed by atoms with Gasteiger partial charge in [0.05, 0.1) is 17.3 Å². The van der Waals surface area contributed by atoms with Gasteiger partial charge in [-0.3, -0.25) is 4.98 Å². The van der Waals surface area contributed by atoms with Crippen molar-refractivity contribution in [1.82, 2.24) is 19.3 Å². The Labute approximate surface area is 142 Å². The van der Waals surface area contributed by atoms with Crippen molar-refractivity contribution in [3.05, 3.63) is 75.9 Å². The van der Waals surface area contributed by atoms with Gasteiger partial charge in [0.2, 0.25) is 0 Å². The van der Waals surface area contributed by atoms with Crippen molar-refractivity contribution in [2.24, 2.45) is 0 Å². The van der Waals surface area contributed by atoms with Crippen LogP contribution in [0.1, 0.15) is 0 Å². The molecule has 0 aliphatic carbocycles. The summed E-state index contributed by atoms with van der Waals surface area (Å²) >= 11 is 12.1. The second-order valence-electron chi connectivity index (χ2n) is 4.74. The number of halogens is 2. The highest BCUT2D eigenvalue weighted by Crippen LogP contribution is 2.26. The van der Waals surface area contributed by atoms with E-state index in [4.69, 9.17) is 23.2 Å². The number of allylic oxidation sites excluding steroid dienone is 1. The molecule has 0 radical (unpaired) electrons. The van der Waals surface area contributed by atoms with E-state index in [1.807, 2.05) is 0 Å². The second kappa shape index (κ2) is 6.40. The zero-order chi connectivity index (χ0) is 16.4. The van der Waals surface area contributed by atoms with E-state index in [0.717, 1.165) is 0 Å². The summed E-state index contributed by atoms with van der Waals surface area (Å²) in [5.74, 6) is 0.437. The van der Waals surface area contributed by atoms with Crippen LogP contribution in [-0.2, 0) is 6.54 Å². The van der Waals surface area contributed by atoms with Crippen LogP contribution in [-0.4, -0.2) is 19.3 Å². The van der Waals surface area contributed by atoms with Gasteiger partial charge < -0.3 is 0 Å². The largest absolute Gasteiger partial charge is 0.351 e. The number of rotatable bonds is 4. The highest BCUT2D eigenvalue weighted by molar-refractivity contribution is 6.33. The Balaban J connectivity index is 2.28. The number of nitrogens with zero attached hydrogens (tertiary/aromatic N) is 4. The SMILES string of the molecule is C=CCn1nc(-c2ccncc2Cl)n(-c2ccc(Cl)cc2)c1=O. The first-order chi connectivity index (χ1) is 11.1. The Morgan fingerprint density at radius 3 is 2.57 bits per heavy atom. The van der Waals surface area contributed by atoms with Crippen LogP contribution < -0.4 is 5.69 Å². The van der Waals surface area contributed by atoms with E-state index in [1.165, 1.54) is 15.4 Å². The lowest BCUT2D eigenvalue weighted by Gasteiger charge is -2.06. The van der Waals surface area contributed by atoms with Crippen LogP contribution in [0.15, 0.2) is 60.2 Å². The van der Waals surface area contributed by atoms with E-state index in [-0.39, 0.29) is 5.69 Å². The first kappa shape index (κ1) is 15.5. The van der Waals surface area contributed by atoms with Crippen molar-refractivity contribution in [3.8, 4) is 17.1 Å². The maximum absolute atomic E-state index is 12.7. The third-order valence-electron chi connectivity index (χ3n) is 3.24. The minimum atomic E-state index is -0.282. The maximum Gasteiger partial charge on any atom is 0.351 e. The smallest absolute Gasteiger partial charge is 0.263 e. The van der Waals surface area contributed by atoms with Gasteiger partial charge >= 0.3 is 5.69 Å². The first-order valence-electron chi connectivity index (χ1n) is 6.78. The molecule has 0 aliphatic heterocycles. The lowest BCUT2D eigenvalue weighted by atomic mass is 10.2. The van der Waals surface area contributed by atoms with Gasteiger partial charge in [0.1, 0.15) is 0 Å². The van der Waals surface area contributed by atoms with Crippen LogP contribution >= 0.6 is 23.2 Å².